The molecule has 0 aliphatic heterocycles. The van der Waals surface area contributed by atoms with Crippen LogP contribution < -0.4 is 10.1 Å². The summed E-state index contributed by atoms with van der Waals surface area (Å²) in [6.07, 6.45) is 4.05. The average molecular weight is 344 g/mol. The van der Waals surface area contributed by atoms with Gasteiger partial charge in [-0.25, -0.2) is 4.98 Å². The van der Waals surface area contributed by atoms with Gasteiger partial charge in [-0.2, -0.15) is 0 Å². The zero-order valence-electron chi connectivity index (χ0n) is 13.3. The highest BCUT2D eigenvalue weighted by molar-refractivity contribution is 6.30. The molecular weight excluding hydrogens is 326 g/mol. The van der Waals surface area contributed by atoms with Crippen LogP contribution >= 0.6 is 11.6 Å². The summed E-state index contributed by atoms with van der Waals surface area (Å²) in [5.41, 5.74) is 2.49. The van der Waals surface area contributed by atoms with Crippen molar-refractivity contribution < 1.29 is 9.53 Å². The molecule has 124 valence electrons. The lowest BCUT2D eigenvalue weighted by atomic mass is 10.1. The van der Waals surface area contributed by atoms with Crippen LogP contribution in [0.15, 0.2) is 48.8 Å². The molecule has 0 spiro atoms. The Kier molecular flexibility index (Phi) is 5.01. The summed E-state index contributed by atoms with van der Waals surface area (Å²) in [4.78, 5) is 16.5. The van der Waals surface area contributed by atoms with Crippen LogP contribution in [0.5, 0.6) is 5.75 Å². The molecule has 0 bridgehead atoms. The number of amides is 1. The molecule has 0 saturated carbocycles. The van der Waals surface area contributed by atoms with Crippen LogP contribution in [0.3, 0.4) is 0 Å². The first-order valence-corrected chi connectivity index (χ1v) is 8.13. The highest BCUT2D eigenvalue weighted by atomic mass is 35.5. The van der Waals surface area contributed by atoms with Crippen LogP contribution in [0.4, 0.5) is 0 Å². The number of pyridine rings is 1. The summed E-state index contributed by atoms with van der Waals surface area (Å²) in [6, 6.07) is 11.1. The van der Waals surface area contributed by atoms with Crippen molar-refractivity contribution in [3.63, 3.8) is 0 Å². The molecule has 0 aliphatic rings. The smallest absolute Gasteiger partial charge is 0.224 e. The van der Waals surface area contributed by atoms with E-state index in [0.717, 1.165) is 22.7 Å². The first kappa shape index (κ1) is 16.3. The maximum Gasteiger partial charge on any atom is 0.224 e. The van der Waals surface area contributed by atoms with Gasteiger partial charge in [0.25, 0.3) is 0 Å². The van der Waals surface area contributed by atoms with Gasteiger partial charge >= 0.3 is 0 Å². The topological polar surface area (TPSA) is 55.6 Å². The van der Waals surface area contributed by atoms with Crippen LogP contribution in [-0.4, -0.2) is 21.9 Å². The van der Waals surface area contributed by atoms with Crippen LogP contribution in [0.1, 0.15) is 18.2 Å². The lowest BCUT2D eigenvalue weighted by Gasteiger charge is -2.05. The molecule has 24 heavy (non-hydrogen) atoms. The van der Waals surface area contributed by atoms with Crippen molar-refractivity contribution in [2.45, 2.75) is 19.9 Å². The number of hydrogen-bond acceptors (Lipinski definition) is 3. The number of hydrogen-bond donors (Lipinski definition) is 1. The second-order valence-corrected chi connectivity index (χ2v) is 5.81. The first-order chi connectivity index (χ1) is 11.6. The summed E-state index contributed by atoms with van der Waals surface area (Å²) in [7, 11) is 0. The van der Waals surface area contributed by atoms with E-state index in [1.807, 2.05) is 48.0 Å². The Morgan fingerprint density at radius 1 is 1.29 bits per heavy atom. The number of aromatic nitrogens is 2. The van der Waals surface area contributed by atoms with Gasteiger partial charge in [0.15, 0.2) is 0 Å². The Morgan fingerprint density at radius 2 is 2.08 bits per heavy atom. The van der Waals surface area contributed by atoms with E-state index in [1.165, 1.54) is 0 Å². The largest absolute Gasteiger partial charge is 0.494 e. The fourth-order valence-corrected chi connectivity index (χ4v) is 2.56. The highest BCUT2D eigenvalue weighted by Crippen LogP contribution is 2.13. The molecule has 1 N–H and O–H groups in total. The molecule has 0 aliphatic carbocycles. The van der Waals surface area contributed by atoms with Gasteiger partial charge in [-0.15, -0.1) is 0 Å². The molecule has 6 heteroatoms. The van der Waals surface area contributed by atoms with Crippen LogP contribution in [0.25, 0.3) is 5.65 Å². The minimum absolute atomic E-state index is 0.0470. The second kappa shape index (κ2) is 7.36. The average Bonchev–Trinajstić information content (AvgIpc) is 2.97. The van der Waals surface area contributed by atoms with Gasteiger partial charge in [0.2, 0.25) is 5.91 Å². The number of ether oxygens (including phenoxy) is 1. The minimum Gasteiger partial charge on any atom is -0.494 e. The number of carbonyl (C=O) groups is 1. The lowest BCUT2D eigenvalue weighted by molar-refractivity contribution is -0.120. The lowest BCUT2D eigenvalue weighted by Crippen LogP contribution is -2.24. The van der Waals surface area contributed by atoms with Gasteiger partial charge in [-0.3, -0.25) is 4.79 Å². The fourth-order valence-electron chi connectivity index (χ4n) is 2.40. The minimum atomic E-state index is -0.0470. The van der Waals surface area contributed by atoms with E-state index in [4.69, 9.17) is 16.3 Å². The standard InChI is InChI=1S/C18H18ClN3O2/c1-2-24-16-5-3-13(4-6-16)9-18(23)20-11-15-12-22-8-7-14(19)10-17(22)21-15/h3-8,10,12H,2,9,11H2,1H3,(H,20,23). The molecule has 1 aromatic carbocycles. The summed E-state index contributed by atoms with van der Waals surface area (Å²) in [6.45, 7) is 2.95. The Bertz CT molecular complexity index is 843. The maximum absolute atomic E-state index is 12.1. The number of nitrogens with one attached hydrogen (secondary N) is 1. The van der Waals surface area contributed by atoms with Crippen molar-refractivity contribution in [3.05, 3.63) is 65.1 Å². The van der Waals surface area contributed by atoms with Crippen molar-refractivity contribution in [2.75, 3.05) is 6.61 Å². The van der Waals surface area contributed by atoms with Crippen molar-refractivity contribution in [1.82, 2.24) is 14.7 Å². The van der Waals surface area contributed by atoms with Crippen molar-refractivity contribution in [2.24, 2.45) is 0 Å². The van der Waals surface area contributed by atoms with Crippen molar-refractivity contribution in [3.8, 4) is 5.75 Å². The van der Waals surface area contributed by atoms with E-state index >= 15 is 0 Å². The van der Waals surface area contributed by atoms with Crippen molar-refractivity contribution in [1.29, 1.82) is 0 Å². The summed E-state index contributed by atoms with van der Waals surface area (Å²) < 4.78 is 7.26. The zero-order chi connectivity index (χ0) is 16.9. The third-order valence-electron chi connectivity index (χ3n) is 3.54. The number of imidazole rings is 1. The Hall–Kier alpha value is -2.53. The SMILES string of the molecule is CCOc1ccc(CC(=O)NCc2cn3ccc(Cl)cc3n2)cc1. The number of nitrogens with zero attached hydrogens (tertiary/aromatic N) is 2. The molecule has 2 heterocycles. The highest BCUT2D eigenvalue weighted by Gasteiger charge is 2.06. The normalized spacial score (nSPS) is 10.8. The third-order valence-corrected chi connectivity index (χ3v) is 3.77. The van der Waals surface area contributed by atoms with E-state index in [0.29, 0.717) is 24.6 Å². The first-order valence-electron chi connectivity index (χ1n) is 7.75. The summed E-state index contributed by atoms with van der Waals surface area (Å²) >= 11 is 5.94. The predicted molar refractivity (Wildman–Crippen MR) is 93.4 cm³/mol. The van der Waals surface area contributed by atoms with Crippen LogP contribution in [0, 0.1) is 0 Å². The molecule has 3 aromatic rings. The molecule has 0 saturated heterocycles. The molecule has 3 rings (SSSR count). The van der Waals surface area contributed by atoms with E-state index in [2.05, 4.69) is 10.3 Å². The van der Waals surface area contributed by atoms with Crippen LogP contribution in [-0.2, 0) is 17.8 Å². The van der Waals surface area contributed by atoms with Gasteiger partial charge in [-0.05, 0) is 36.8 Å². The summed E-state index contributed by atoms with van der Waals surface area (Å²) in [5, 5.41) is 3.52. The zero-order valence-corrected chi connectivity index (χ0v) is 14.1. The molecule has 1 amide bonds. The molecule has 0 fully saturated rings. The van der Waals surface area contributed by atoms with Gasteiger partial charge in [0.1, 0.15) is 11.4 Å². The molecule has 0 radical (unpaired) electrons. The molecule has 2 aromatic heterocycles. The monoisotopic (exact) mass is 343 g/mol. The number of halogens is 1. The molecule has 0 atom stereocenters. The van der Waals surface area contributed by atoms with E-state index in [9.17, 15) is 4.79 Å². The summed E-state index contributed by atoms with van der Waals surface area (Å²) in [5.74, 6) is 0.763. The van der Waals surface area contributed by atoms with Gasteiger partial charge in [0, 0.05) is 17.4 Å². The van der Waals surface area contributed by atoms with E-state index in [1.54, 1.807) is 12.1 Å². The number of carbonyl (C=O) groups excluding carboxylic acids is 1. The van der Waals surface area contributed by atoms with Gasteiger partial charge < -0.3 is 14.5 Å². The van der Waals surface area contributed by atoms with E-state index < -0.39 is 0 Å². The Labute approximate surface area is 145 Å². The Balaban J connectivity index is 1.56. The Morgan fingerprint density at radius 3 is 2.83 bits per heavy atom. The molecule has 5 nitrogen and oxygen atoms in total. The number of fused-ring (bicyclic) bond motifs is 1. The maximum atomic E-state index is 12.1. The van der Waals surface area contributed by atoms with Gasteiger partial charge in [0.05, 0.1) is 25.3 Å². The fraction of sp³-hybridized carbons (Fsp3) is 0.222. The quantitative estimate of drug-likeness (QED) is 0.747. The molecule has 0 unspecified atom stereocenters. The van der Waals surface area contributed by atoms with Gasteiger partial charge in [-0.1, -0.05) is 23.7 Å². The number of rotatable bonds is 6. The predicted octanol–water partition coefficient (Wildman–Crippen LogP) is 3.25. The number of benzene rings is 1. The third kappa shape index (κ3) is 4.06. The van der Waals surface area contributed by atoms with Crippen LogP contribution in [0.2, 0.25) is 5.02 Å². The molecular formula is C18H18ClN3O2. The van der Waals surface area contributed by atoms with E-state index in [-0.39, 0.29) is 5.91 Å². The van der Waals surface area contributed by atoms with Crippen molar-refractivity contribution >= 4 is 23.2 Å². The second-order valence-electron chi connectivity index (χ2n) is 5.37.